The highest BCUT2D eigenvalue weighted by Gasteiger charge is 2.31. The lowest BCUT2D eigenvalue weighted by atomic mass is 10.2. The first-order valence-corrected chi connectivity index (χ1v) is 7.94. The number of carbonyl (C=O) groups excluding carboxylic acids is 1. The molecule has 8 heteroatoms. The number of rotatable bonds is 5. The van der Waals surface area contributed by atoms with Crippen LogP contribution in [0.5, 0.6) is 5.75 Å². The SMILES string of the molecule is O=C(O)CCCN1C(=O)/C(=C/c2ccc(O)cc2Cl)SC1=S. The Morgan fingerprint density at radius 3 is 2.82 bits per heavy atom. The lowest BCUT2D eigenvalue weighted by molar-refractivity contribution is -0.137. The lowest BCUT2D eigenvalue weighted by Gasteiger charge is -2.13. The summed E-state index contributed by atoms with van der Waals surface area (Å²) in [5, 5.41) is 18.3. The number of hydrogen-bond donors (Lipinski definition) is 2. The molecule has 1 saturated heterocycles. The number of hydrogen-bond acceptors (Lipinski definition) is 5. The van der Waals surface area contributed by atoms with Gasteiger partial charge in [0.1, 0.15) is 10.1 Å². The van der Waals surface area contributed by atoms with Crippen LogP contribution >= 0.6 is 35.6 Å². The van der Waals surface area contributed by atoms with Gasteiger partial charge in [0.2, 0.25) is 0 Å². The van der Waals surface area contributed by atoms with Crippen molar-refractivity contribution in [3.05, 3.63) is 33.7 Å². The molecule has 0 radical (unpaired) electrons. The average molecular weight is 358 g/mol. The van der Waals surface area contributed by atoms with Gasteiger partial charge in [-0.3, -0.25) is 14.5 Å². The predicted molar refractivity (Wildman–Crippen MR) is 89.9 cm³/mol. The molecule has 1 aromatic carbocycles. The van der Waals surface area contributed by atoms with Crippen molar-refractivity contribution < 1.29 is 19.8 Å². The molecule has 0 spiro atoms. The Morgan fingerprint density at radius 1 is 1.45 bits per heavy atom. The Labute approximate surface area is 141 Å². The van der Waals surface area contributed by atoms with Gasteiger partial charge in [-0.05, 0) is 36.3 Å². The third-order valence-corrected chi connectivity index (χ3v) is 4.62. The van der Waals surface area contributed by atoms with Crippen LogP contribution in [0.3, 0.4) is 0 Å². The lowest BCUT2D eigenvalue weighted by Crippen LogP contribution is -2.29. The summed E-state index contributed by atoms with van der Waals surface area (Å²) in [5.41, 5.74) is 0.602. The number of carboxylic acid groups (broad SMARTS) is 1. The van der Waals surface area contributed by atoms with Crippen LogP contribution in [0, 0.1) is 0 Å². The number of aromatic hydroxyl groups is 1. The second-order valence-electron chi connectivity index (χ2n) is 4.54. The average Bonchev–Trinajstić information content (AvgIpc) is 2.69. The summed E-state index contributed by atoms with van der Waals surface area (Å²) < 4.78 is 0.400. The van der Waals surface area contributed by atoms with Gasteiger partial charge in [0.05, 0.1) is 9.93 Å². The zero-order valence-electron chi connectivity index (χ0n) is 11.3. The number of nitrogens with zero attached hydrogens (tertiary/aromatic N) is 1. The van der Waals surface area contributed by atoms with Gasteiger partial charge in [-0.25, -0.2) is 0 Å². The van der Waals surface area contributed by atoms with Gasteiger partial charge >= 0.3 is 5.97 Å². The summed E-state index contributed by atoms with van der Waals surface area (Å²) in [6.07, 6.45) is 1.94. The maximum Gasteiger partial charge on any atom is 0.303 e. The molecule has 0 aromatic heterocycles. The van der Waals surface area contributed by atoms with Gasteiger partial charge in [0.15, 0.2) is 0 Å². The summed E-state index contributed by atoms with van der Waals surface area (Å²) in [7, 11) is 0. The first-order chi connectivity index (χ1) is 10.4. The van der Waals surface area contributed by atoms with Crippen LogP contribution in [0.15, 0.2) is 23.1 Å². The molecule has 1 aliphatic heterocycles. The highest BCUT2D eigenvalue weighted by molar-refractivity contribution is 8.26. The van der Waals surface area contributed by atoms with E-state index in [0.29, 0.717) is 26.2 Å². The summed E-state index contributed by atoms with van der Waals surface area (Å²) in [6.45, 7) is 0.275. The molecule has 0 unspecified atom stereocenters. The zero-order valence-corrected chi connectivity index (χ0v) is 13.7. The molecule has 1 amide bonds. The number of thioether (sulfide) groups is 1. The van der Waals surface area contributed by atoms with Crippen LogP contribution in [-0.2, 0) is 9.59 Å². The van der Waals surface area contributed by atoms with Crippen molar-refractivity contribution in [3.8, 4) is 5.75 Å². The summed E-state index contributed by atoms with van der Waals surface area (Å²) in [6, 6.07) is 4.47. The maximum absolute atomic E-state index is 12.3. The highest BCUT2D eigenvalue weighted by Crippen LogP contribution is 2.34. The number of phenolic OH excluding ortho intramolecular Hbond substituents is 1. The largest absolute Gasteiger partial charge is 0.508 e. The molecule has 5 nitrogen and oxygen atoms in total. The smallest absolute Gasteiger partial charge is 0.303 e. The summed E-state index contributed by atoms with van der Waals surface area (Å²) in [5.74, 6) is -1.12. The van der Waals surface area contributed by atoms with E-state index < -0.39 is 5.97 Å². The second kappa shape index (κ2) is 7.13. The molecule has 2 N–H and O–H groups in total. The van der Waals surface area contributed by atoms with E-state index in [-0.39, 0.29) is 24.6 Å². The Bertz CT molecular complexity index is 675. The van der Waals surface area contributed by atoms with Crippen molar-refractivity contribution in [2.75, 3.05) is 6.54 Å². The normalized spacial score (nSPS) is 16.6. The fraction of sp³-hybridized carbons (Fsp3) is 0.214. The number of carbonyl (C=O) groups is 2. The summed E-state index contributed by atoms with van der Waals surface area (Å²) in [4.78, 5) is 24.6. The molecular formula is C14H12ClNO4S2. The van der Waals surface area contributed by atoms with Crippen LogP contribution < -0.4 is 0 Å². The van der Waals surface area contributed by atoms with Gasteiger partial charge in [0, 0.05) is 13.0 Å². The Morgan fingerprint density at radius 2 is 2.18 bits per heavy atom. The van der Waals surface area contributed by atoms with Gasteiger partial charge in [-0.1, -0.05) is 35.6 Å². The summed E-state index contributed by atoms with van der Waals surface area (Å²) >= 11 is 12.3. The third kappa shape index (κ3) is 4.00. The van der Waals surface area contributed by atoms with E-state index in [1.54, 1.807) is 12.1 Å². The molecule has 22 heavy (non-hydrogen) atoms. The number of carboxylic acids is 1. The van der Waals surface area contributed by atoms with Crippen molar-refractivity contribution in [3.63, 3.8) is 0 Å². The predicted octanol–water partition coefficient (Wildman–Crippen LogP) is 3.11. The number of benzene rings is 1. The van der Waals surface area contributed by atoms with E-state index in [2.05, 4.69) is 0 Å². The van der Waals surface area contributed by atoms with Gasteiger partial charge in [0.25, 0.3) is 5.91 Å². The molecule has 1 aromatic rings. The minimum atomic E-state index is -0.906. The van der Waals surface area contributed by atoms with E-state index in [1.807, 2.05) is 0 Å². The van der Waals surface area contributed by atoms with Gasteiger partial charge < -0.3 is 10.2 Å². The molecule has 116 valence electrons. The molecule has 0 bridgehead atoms. The molecule has 0 atom stereocenters. The quantitative estimate of drug-likeness (QED) is 0.622. The van der Waals surface area contributed by atoms with Crippen molar-refractivity contribution in [2.24, 2.45) is 0 Å². The number of aliphatic carboxylic acids is 1. The van der Waals surface area contributed by atoms with Crippen LogP contribution in [0.2, 0.25) is 5.02 Å². The molecule has 1 heterocycles. The number of amides is 1. The first kappa shape index (κ1) is 16.8. The fourth-order valence-electron chi connectivity index (χ4n) is 1.86. The molecule has 1 aliphatic rings. The third-order valence-electron chi connectivity index (χ3n) is 2.92. The highest BCUT2D eigenvalue weighted by atomic mass is 35.5. The van der Waals surface area contributed by atoms with E-state index in [0.717, 1.165) is 11.8 Å². The molecular weight excluding hydrogens is 346 g/mol. The molecule has 2 rings (SSSR count). The Balaban J connectivity index is 2.13. The van der Waals surface area contributed by atoms with Crippen LogP contribution in [0.4, 0.5) is 0 Å². The van der Waals surface area contributed by atoms with E-state index in [9.17, 15) is 14.7 Å². The van der Waals surface area contributed by atoms with Crippen LogP contribution in [0.1, 0.15) is 18.4 Å². The Hall–Kier alpha value is -1.57. The zero-order chi connectivity index (χ0) is 16.3. The van der Waals surface area contributed by atoms with E-state index in [1.165, 1.54) is 17.0 Å². The standard InChI is InChI=1S/C14H12ClNO4S2/c15-10-7-9(17)4-3-8(10)6-11-13(20)16(14(21)22-11)5-1-2-12(18)19/h3-4,6-7,17H,1-2,5H2,(H,18,19)/b11-6-. The Kier molecular flexibility index (Phi) is 5.44. The topological polar surface area (TPSA) is 77.8 Å². The van der Waals surface area contributed by atoms with E-state index in [4.69, 9.17) is 28.9 Å². The number of phenols is 1. The van der Waals surface area contributed by atoms with Crippen molar-refractivity contribution in [1.29, 1.82) is 0 Å². The number of thiocarbonyl (C=S) groups is 1. The van der Waals surface area contributed by atoms with Crippen LogP contribution in [-0.4, -0.2) is 37.9 Å². The monoisotopic (exact) mass is 357 g/mol. The van der Waals surface area contributed by atoms with Gasteiger partial charge in [-0.15, -0.1) is 0 Å². The van der Waals surface area contributed by atoms with E-state index >= 15 is 0 Å². The first-order valence-electron chi connectivity index (χ1n) is 6.34. The minimum Gasteiger partial charge on any atom is -0.508 e. The van der Waals surface area contributed by atoms with Crippen LogP contribution in [0.25, 0.3) is 6.08 Å². The maximum atomic E-state index is 12.3. The number of halogens is 1. The van der Waals surface area contributed by atoms with Crippen molar-refractivity contribution in [2.45, 2.75) is 12.8 Å². The van der Waals surface area contributed by atoms with Gasteiger partial charge in [-0.2, -0.15) is 0 Å². The fourth-order valence-corrected chi connectivity index (χ4v) is 3.38. The molecule has 0 aliphatic carbocycles. The van der Waals surface area contributed by atoms with Crippen molar-refractivity contribution >= 4 is 57.9 Å². The van der Waals surface area contributed by atoms with Crippen molar-refractivity contribution in [1.82, 2.24) is 4.90 Å². The second-order valence-corrected chi connectivity index (χ2v) is 6.62. The minimum absolute atomic E-state index is 0.0140. The molecule has 0 saturated carbocycles. The molecule has 1 fully saturated rings.